The van der Waals surface area contributed by atoms with E-state index in [9.17, 15) is 4.79 Å². The van der Waals surface area contributed by atoms with Gasteiger partial charge in [0.25, 0.3) is 0 Å². The molecule has 2 aromatic rings. The number of benzene rings is 1. The van der Waals surface area contributed by atoms with E-state index in [4.69, 9.17) is 16.3 Å². The fourth-order valence-corrected chi connectivity index (χ4v) is 1.74. The summed E-state index contributed by atoms with van der Waals surface area (Å²) in [6.45, 7) is 1.98. The van der Waals surface area contributed by atoms with Crippen molar-refractivity contribution in [2.45, 2.75) is 13.5 Å². The first-order valence-corrected chi connectivity index (χ1v) is 5.85. The molecular weight excluding hydrogens is 252 g/mol. The molecule has 0 N–H and O–H groups in total. The number of hydrogen-bond donors (Lipinski definition) is 0. The largest absolute Gasteiger partial charge is 0.497 e. The molecule has 94 valence electrons. The maximum atomic E-state index is 12.0. The summed E-state index contributed by atoms with van der Waals surface area (Å²) in [4.78, 5) is 12.0. The van der Waals surface area contributed by atoms with Crippen molar-refractivity contribution in [3.05, 3.63) is 46.7 Å². The van der Waals surface area contributed by atoms with Crippen LogP contribution in [0.15, 0.2) is 30.5 Å². The molecule has 0 spiro atoms. The van der Waals surface area contributed by atoms with E-state index in [0.29, 0.717) is 10.6 Å². The van der Waals surface area contributed by atoms with Gasteiger partial charge in [-0.2, -0.15) is 5.10 Å². The Hall–Kier alpha value is -1.81. The van der Waals surface area contributed by atoms with E-state index < -0.39 is 0 Å². The Bertz CT molecular complexity index is 541. The highest BCUT2D eigenvalue weighted by atomic mass is 35.5. The molecular formula is C13H13ClN2O2. The van der Waals surface area contributed by atoms with Crippen LogP contribution in [-0.4, -0.2) is 22.7 Å². The highest BCUT2D eigenvalue weighted by Gasteiger charge is 2.09. The maximum Gasteiger partial charge on any atom is 0.184 e. The van der Waals surface area contributed by atoms with Gasteiger partial charge >= 0.3 is 0 Å². The van der Waals surface area contributed by atoms with Gasteiger partial charge in [0.1, 0.15) is 12.3 Å². The number of ether oxygens (including phenoxy) is 1. The monoisotopic (exact) mass is 264 g/mol. The highest BCUT2D eigenvalue weighted by molar-refractivity contribution is 6.31. The van der Waals surface area contributed by atoms with Gasteiger partial charge in [-0.25, -0.2) is 0 Å². The zero-order chi connectivity index (χ0) is 13.1. The molecule has 0 saturated heterocycles. The lowest BCUT2D eigenvalue weighted by Gasteiger charge is -2.03. The number of methoxy groups -OCH3 is 1. The summed E-state index contributed by atoms with van der Waals surface area (Å²) < 4.78 is 6.59. The lowest BCUT2D eigenvalue weighted by molar-refractivity contribution is 0.0967. The zero-order valence-corrected chi connectivity index (χ0v) is 10.9. The molecule has 0 amide bonds. The average Bonchev–Trinajstić information content (AvgIpc) is 2.68. The fourth-order valence-electron chi connectivity index (χ4n) is 1.59. The standard InChI is InChI=1S/C13H13ClN2O2/c1-9-12(14)7-16(15-9)8-13(17)10-3-5-11(18-2)6-4-10/h3-7H,8H2,1-2H3. The van der Waals surface area contributed by atoms with Crippen LogP contribution in [0.1, 0.15) is 16.1 Å². The van der Waals surface area contributed by atoms with E-state index in [0.717, 1.165) is 11.4 Å². The zero-order valence-electron chi connectivity index (χ0n) is 10.2. The summed E-state index contributed by atoms with van der Waals surface area (Å²) >= 11 is 5.89. The van der Waals surface area contributed by atoms with Crippen LogP contribution in [0.4, 0.5) is 0 Å². The number of hydrogen-bond acceptors (Lipinski definition) is 3. The smallest absolute Gasteiger partial charge is 0.184 e. The molecule has 1 aromatic heterocycles. The Morgan fingerprint density at radius 3 is 2.56 bits per heavy atom. The summed E-state index contributed by atoms with van der Waals surface area (Å²) in [5, 5.41) is 4.72. The second kappa shape index (κ2) is 5.23. The highest BCUT2D eigenvalue weighted by Crippen LogP contribution is 2.14. The van der Waals surface area contributed by atoms with Gasteiger partial charge in [-0.1, -0.05) is 11.6 Å². The number of ketones is 1. The van der Waals surface area contributed by atoms with Crippen LogP contribution in [0.25, 0.3) is 0 Å². The number of Topliss-reactive ketones (excluding diaryl/α,β-unsaturated/α-hetero) is 1. The van der Waals surface area contributed by atoms with E-state index in [-0.39, 0.29) is 12.3 Å². The molecule has 0 fully saturated rings. The molecule has 1 aromatic carbocycles. The molecule has 5 heteroatoms. The van der Waals surface area contributed by atoms with Crippen LogP contribution in [0, 0.1) is 6.92 Å². The molecule has 0 atom stereocenters. The van der Waals surface area contributed by atoms with Crippen molar-refractivity contribution in [1.82, 2.24) is 9.78 Å². The molecule has 0 aliphatic heterocycles. The van der Waals surface area contributed by atoms with Gasteiger partial charge in [0.05, 0.1) is 17.8 Å². The first-order valence-electron chi connectivity index (χ1n) is 5.47. The molecule has 0 bridgehead atoms. The molecule has 0 unspecified atom stereocenters. The molecule has 0 radical (unpaired) electrons. The third-order valence-electron chi connectivity index (χ3n) is 2.60. The number of halogens is 1. The lowest BCUT2D eigenvalue weighted by atomic mass is 10.1. The van der Waals surface area contributed by atoms with E-state index in [1.54, 1.807) is 49.2 Å². The van der Waals surface area contributed by atoms with E-state index in [1.165, 1.54) is 0 Å². The first-order chi connectivity index (χ1) is 8.60. The Morgan fingerprint density at radius 2 is 2.06 bits per heavy atom. The summed E-state index contributed by atoms with van der Waals surface area (Å²) in [5.74, 6) is 0.710. The average molecular weight is 265 g/mol. The number of nitrogens with zero attached hydrogens (tertiary/aromatic N) is 2. The molecule has 0 saturated carbocycles. The minimum atomic E-state index is -0.0168. The van der Waals surface area contributed by atoms with Gasteiger partial charge in [0.2, 0.25) is 0 Å². The quantitative estimate of drug-likeness (QED) is 0.798. The Kier molecular flexibility index (Phi) is 3.67. The second-order valence-electron chi connectivity index (χ2n) is 3.91. The number of rotatable bonds is 4. The number of carbonyl (C=O) groups is 1. The molecule has 1 heterocycles. The Morgan fingerprint density at radius 1 is 1.39 bits per heavy atom. The van der Waals surface area contributed by atoms with Gasteiger partial charge in [-0.3, -0.25) is 9.48 Å². The first kappa shape index (κ1) is 12.6. The van der Waals surface area contributed by atoms with Crippen molar-refractivity contribution in [3.63, 3.8) is 0 Å². The molecule has 2 rings (SSSR count). The topological polar surface area (TPSA) is 44.1 Å². The number of carbonyl (C=O) groups excluding carboxylic acids is 1. The predicted octanol–water partition coefficient (Wildman–Crippen LogP) is 2.74. The van der Waals surface area contributed by atoms with Crippen LogP contribution < -0.4 is 4.74 Å². The Labute approximate surface area is 110 Å². The minimum Gasteiger partial charge on any atom is -0.497 e. The Balaban J connectivity index is 2.11. The third-order valence-corrected chi connectivity index (χ3v) is 2.98. The van der Waals surface area contributed by atoms with E-state index >= 15 is 0 Å². The number of aromatic nitrogens is 2. The summed E-state index contributed by atoms with van der Waals surface area (Å²) in [5.41, 5.74) is 1.35. The van der Waals surface area contributed by atoms with E-state index in [2.05, 4.69) is 5.10 Å². The van der Waals surface area contributed by atoms with Crippen molar-refractivity contribution in [2.24, 2.45) is 0 Å². The van der Waals surface area contributed by atoms with Crippen molar-refractivity contribution >= 4 is 17.4 Å². The molecule has 4 nitrogen and oxygen atoms in total. The summed E-state index contributed by atoms with van der Waals surface area (Å²) in [7, 11) is 1.59. The third kappa shape index (κ3) is 2.71. The second-order valence-corrected chi connectivity index (χ2v) is 4.32. The van der Waals surface area contributed by atoms with Crippen molar-refractivity contribution in [1.29, 1.82) is 0 Å². The lowest BCUT2D eigenvalue weighted by Crippen LogP contribution is -2.10. The minimum absolute atomic E-state index is 0.0168. The maximum absolute atomic E-state index is 12.0. The van der Waals surface area contributed by atoms with E-state index in [1.807, 2.05) is 0 Å². The molecule has 0 aliphatic rings. The van der Waals surface area contributed by atoms with Crippen LogP contribution >= 0.6 is 11.6 Å². The van der Waals surface area contributed by atoms with Crippen molar-refractivity contribution < 1.29 is 9.53 Å². The van der Waals surface area contributed by atoms with Gasteiger partial charge in [0, 0.05) is 11.8 Å². The molecule has 0 aliphatic carbocycles. The van der Waals surface area contributed by atoms with Crippen molar-refractivity contribution in [3.8, 4) is 5.75 Å². The van der Waals surface area contributed by atoms with Crippen LogP contribution in [0.2, 0.25) is 5.02 Å². The summed E-state index contributed by atoms with van der Waals surface area (Å²) in [6, 6.07) is 6.99. The molecule has 18 heavy (non-hydrogen) atoms. The summed E-state index contributed by atoms with van der Waals surface area (Å²) in [6.07, 6.45) is 1.65. The van der Waals surface area contributed by atoms with Gasteiger partial charge in [-0.05, 0) is 31.2 Å². The van der Waals surface area contributed by atoms with Gasteiger partial charge < -0.3 is 4.74 Å². The SMILES string of the molecule is COc1ccc(C(=O)Cn2cc(Cl)c(C)n2)cc1. The van der Waals surface area contributed by atoms with Gasteiger partial charge in [-0.15, -0.1) is 0 Å². The predicted molar refractivity (Wildman–Crippen MR) is 69.3 cm³/mol. The number of aryl methyl sites for hydroxylation is 1. The van der Waals surface area contributed by atoms with Gasteiger partial charge in [0.15, 0.2) is 5.78 Å². The van der Waals surface area contributed by atoms with Crippen LogP contribution in [-0.2, 0) is 6.54 Å². The van der Waals surface area contributed by atoms with Crippen LogP contribution in [0.5, 0.6) is 5.75 Å². The van der Waals surface area contributed by atoms with Crippen molar-refractivity contribution in [2.75, 3.05) is 7.11 Å². The van der Waals surface area contributed by atoms with Crippen LogP contribution in [0.3, 0.4) is 0 Å². The normalized spacial score (nSPS) is 10.4. The fraction of sp³-hybridized carbons (Fsp3) is 0.231.